The second-order valence-corrected chi connectivity index (χ2v) is 5.38. The van der Waals surface area contributed by atoms with Gasteiger partial charge in [0.25, 0.3) is 0 Å². The molecule has 0 aromatic carbocycles. The third-order valence-corrected chi connectivity index (χ3v) is 3.64. The van der Waals surface area contributed by atoms with Gasteiger partial charge in [-0.1, -0.05) is 0 Å². The van der Waals surface area contributed by atoms with Crippen molar-refractivity contribution in [2.75, 3.05) is 59.3 Å². The molecule has 124 valence electrons. The molecule has 0 aliphatic carbocycles. The van der Waals surface area contributed by atoms with E-state index in [0.29, 0.717) is 45.7 Å². The van der Waals surface area contributed by atoms with E-state index in [2.05, 4.69) is 5.32 Å². The Morgan fingerprint density at radius 3 is 2.29 bits per heavy atom. The van der Waals surface area contributed by atoms with Crippen LogP contribution < -0.4 is 5.32 Å². The average molecular weight is 303 g/mol. The molecule has 2 rings (SSSR count). The zero-order valence-corrected chi connectivity index (χ0v) is 12.9. The van der Waals surface area contributed by atoms with Crippen molar-refractivity contribution >= 4 is 0 Å². The Morgan fingerprint density at radius 1 is 0.857 bits per heavy atom. The minimum atomic E-state index is -0.0270. The molecule has 2 aliphatic rings. The van der Waals surface area contributed by atoms with Gasteiger partial charge in [0.05, 0.1) is 45.7 Å². The van der Waals surface area contributed by atoms with E-state index in [1.54, 1.807) is 0 Å². The van der Waals surface area contributed by atoms with Gasteiger partial charge in [0.1, 0.15) is 0 Å². The quantitative estimate of drug-likeness (QED) is 0.573. The molecule has 0 radical (unpaired) electrons. The maximum Gasteiger partial charge on any atom is 0.157 e. The van der Waals surface area contributed by atoms with Crippen molar-refractivity contribution in [1.29, 1.82) is 0 Å². The lowest BCUT2D eigenvalue weighted by molar-refractivity contribution is -0.169. The van der Waals surface area contributed by atoms with Crippen molar-refractivity contribution in [3.8, 4) is 0 Å². The van der Waals surface area contributed by atoms with Crippen LogP contribution >= 0.6 is 0 Å². The third kappa shape index (κ3) is 8.09. The summed E-state index contributed by atoms with van der Waals surface area (Å²) in [5.41, 5.74) is 0. The van der Waals surface area contributed by atoms with Crippen LogP contribution in [0.25, 0.3) is 0 Å². The number of ether oxygens (including phenoxy) is 5. The Hall–Kier alpha value is -0.240. The molecule has 0 saturated carbocycles. The van der Waals surface area contributed by atoms with Gasteiger partial charge < -0.3 is 29.0 Å². The summed E-state index contributed by atoms with van der Waals surface area (Å²) in [5.74, 6) is 0. The van der Waals surface area contributed by atoms with Crippen LogP contribution in [0.4, 0.5) is 0 Å². The third-order valence-electron chi connectivity index (χ3n) is 3.64. The standard InChI is InChI=1S/C15H29NO5/c1-2-6-20-15(3-1)21-12-10-18-8-7-17-9-11-19-14-4-5-16-13-14/h14-16H,1-13H2/t14-,15?/m0/s1. The summed E-state index contributed by atoms with van der Waals surface area (Å²) in [6.07, 6.45) is 4.78. The topological polar surface area (TPSA) is 58.2 Å². The molecule has 1 N–H and O–H groups in total. The first kappa shape index (κ1) is 17.1. The predicted octanol–water partition coefficient (Wildman–Crippen LogP) is 0.941. The second kappa shape index (κ2) is 11.3. The summed E-state index contributed by atoms with van der Waals surface area (Å²) in [4.78, 5) is 0. The van der Waals surface area contributed by atoms with Gasteiger partial charge >= 0.3 is 0 Å². The van der Waals surface area contributed by atoms with Gasteiger partial charge in [-0.05, 0) is 32.2 Å². The Kier molecular flexibility index (Phi) is 9.25. The second-order valence-electron chi connectivity index (χ2n) is 5.38. The molecule has 6 nitrogen and oxygen atoms in total. The highest BCUT2D eigenvalue weighted by atomic mass is 16.7. The Labute approximate surface area is 127 Å². The lowest BCUT2D eigenvalue weighted by Gasteiger charge is -2.22. The van der Waals surface area contributed by atoms with Crippen molar-refractivity contribution in [3.63, 3.8) is 0 Å². The first-order valence-corrected chi connectivity index (χ1v) is 8.16. The van der Waals surface area contributed by atoms with E-state index < -0.39 is 0 Å². The molecule has 2 saturated heterocycles. The van der Waals surface area contributed by atoms with Crippen LogP contribution in [-0.2, 0) is 23.7 Å². The molecule has 2 atom stereocenters. The van der Waals surface area contributed by atoms with E-state index >= 15 is 0 Å². The van der Waals surface area contributed by atoms with Crippen LogP contribution in [0.2, 0.25) is 0 Å². The summed E-state index contributed by atoms with van der Waals surface area (Å²) >= 11 is 0. The summed E-state index contributed by atoms with van der Waals surface area (Å²) in [6, 6.07) is 0. The number of hydrogen-bond donors (Lipinski definition) is 1. The van der Waals surface area contributed by atoms with Gasteiger partial charge in [-0.3, -0.25) is 0 Å². The minimum absolute atomic E-state index is 0.0270. The molecule has 21 heavy (non-hydrogen) atoms. The highest BCUT2D eigenvalue weighted by Crippen LogP contribution is 2.13. The van der Waals surface area contributed by atoms with Crippen molar-refractivity contribution in [2.24, 2.45) is 0 Å². The normalized spacial score (nSPS) is 26.3. The molecule has 0 aromatic heterocycles. The van der Waals surface area contributed by atoms with E-state index in [9.17, 15) is 0 Å². The van der Waals surface area contributed by atoms with Gasteiger partial charge in [0.15, 0.2) is 6.29 Å². The van der Waals surface area contributed by atoms with Crippen LogP contribution in [0.15, 0.2) is 0 Å². The molecule has 2 heterocycles. The summed E-state index contributed by atoms with van der Waals surface area (Å²) in [7, 11) is 0. The van der Waals surface area contributed by atoms with E-state index in [-0.39, 0.29) is 6.29 Å². The fourth-order valence-corrected chi connectivity index (χ4v) is 2.45. The van der Waals surface area contributed by atoms with Gasteiger partial charge in [-0.2, -0.15) is 0 Å². The molecular weight excluding hydrogens is 274 g/mol. The summed E-state index contributed by atoms with van der Waals surface area (Å²) in [6.45, 7) is 6.52. The van der Waals surface area contributed by atoms with Gasteiger partial charge in [0, 0.05) is 13.2 Å². The largest absolute Gasteiger partial charge is 0.377 e. The monoisotopic (exact) mass is 303 g/mol. The lowest BCUT2D eigenvalue weighted by atomic mass is 10.2. The molecule has 1 unspecified atom stereocenters. The molecule has 2 fully saturated rings. The van der Waals surface area contributed by atoms with Crippen molar-refractivity contribution in [1.82, 2.24) is 5.32 Å². The molecular formula is C15H29NO5. The predicted molar refractivity (Wildman–Crippen MR) is 78.4 cm³/mol. The number of hydrogen-bond acceptors (Lipinski definition) is 6. The minimum Gasteiger partial charge on any atom is -0.377 e. The van der Waals surface area contributed by atoms with Crippen LogP contribution in [0.3, 0.4) is 0 Å². The Bertz CT molecular complexity index is 242. The first-order chi connectivity index (χ1) is 10.4. The highest BCUT2D eigenvalue weighted by Gasteiger charge is 2.14. The highest BCUT2D eigenvalue weighted by molar-refractivity contribution is 4.70. The average Bonchev–Trinajstić information content (AvgIpc) is 3.03. The van der Waals surface area contributed by atoms with Crippen molar-refractivity contribution in [3.05, 3.63) is 0 Å². The van der Waals surface area contributed by atoms with E-state index in [4.69, 9.17) is 23.7 Å². The molecule has 2 aliphatic heterocycles. The SMILES string of the molecule is C1CCC(OCCOCCOCCO[C@H]2CCNC2)OC1. The fraction of sp³-hybridized carbons (Fsp3) is 1.00. The smallest absolute Gasteiger partial charge is 0.157 e. The van der Waals surface area contributed by atoms with Gasteiger partial charge in [-0.25, -0.2) is 0 Å². The zero-order chi connectivity index (χ0) is 14.6. The van der Waals surface area contributed by atoms with Crippen molar-refractivity contribution in [2.45, 2.75) is 38.1 Å². The first-order valence-electron chi connectivity index (χ1n) is 8.16. The van der Waals surface area contributed by atoms with Crippen LogP contribution in [-0.4, -0.2) is 71.7 Å². The zero-order valence-electron chi connectivity index (χ0n) is 12.9. The van der Waals surface area contributed by atoms with E-state index in [1.807, 2.05) is 0 Å². The summed E-state index contributed by atoms with van der Waals surface area (Å²) < 4.78 is 27.6. The number of rotatable bonds is 11. The van der Waals surface area contributed by atoms with Gasteiger partial charge in [0.2, 0.25) is 0 Å². The van der Waals surface area contributed by atoms with Crippen LogP contribution in [0.1, 0.15) is 25.7 Å². The molecule has 0 spiro atoms. The molecule has 0 amide bonds. The van der Waals surface area contributed by atoms with E-state index in [1.165, 1.54) is 6.42 Å². The molecule has 0 bridgehead atoms. The maximum atomic E-state index is 5.65. The van der Waals surface area contributed by atoms with Gasteiger partial charge in [-0.15, -0.1) is 0 Å². The van der Waals surface area contributed by atoms with E-state index in [0.717, 1.165) is 39.0 Å². The molecule has 6 heteroatoms. The fourth-order valence-electron chi connectivity index (χ4n) is 2.45. The number of nitrogens with one attached hydrogen (secondary N) is 1. The summed E-state index contributed by atoms with van der Waals surface area (Å²) in [5, 5.41) is 3.27. The van der Waals surface area contributed by atoms with Crippen LogP contribution in [0, 0.1) is 0 Å². The molecule has 0 aromatic rings. The Morgan fingerprint density at radius 2 is 1.62 bits per heavy atom. The Balaban J connectivity index is 1.27. The van der Waals surface area contributed by atoms with Crippen molar-refractivity contribution < 1.29 is 23.7 Å². The van der Waals surface area contributed by atoms with Crippen LogP contribution in [0.5, 0.6) is 0 Å². The maximum absolute atomic E-state index is 5.65. The lowest BCUT2D eigenvalue weighted by Crippen LogP contribution is -2.24.